The summed E-state index contributed by atoms with van der Waals surface area (Å²) in [5.41, 5.74) is 1.26. The van der Waals surface area contributed by atoms with Crippen molar-refractivity contribution in [3.63, 3.8) is 0 Å². The Balaban J connectivity index is 1.95. The second kappa shape index (κ2) is 6.76. The summed E-state index contributed by atoms with van der Waals surface area (Å²) < 4.78 is 34.1. The third kappa shape index (κ3) is 3.37. The van der Waals surface area contributed by atoms with Gasteiger partial charge in [0.2, 0.25) is 5.91 Å². The smallest absolute Gasteiger partial charge is 0.387 e. The number of ether oxygens (including phenoxy) is 2. The van der Waals surface area contributed by atoms with Gasteiger partial charge in [0.05, 0.1) is 18.5 Å². The molecule has 8 heteroatoms. The maximum atomic E-state index is 12.8. The van der Waals surface area contributed by atoms with Crippen LogP contribution in [0.1, 0.15) is 10.4 Å². The van der Waals surface area contributed by atoms with E-state index >= 15 is 0 Å². The number of para-hydroxylation sites is 2. The highest BCUT2D eigenvalue weighted by Crippen LogP contribution is 2.33. The quantitative estimate of drug-likeness (QED) is 0.923. The number of anilines is 2. The molecular weight excluding hydrogens is 334 g/mol. The van der Waals surface area contributed by atoms with Gasteiger partial charge in [0.25, 0.3) is 5.91 Å². The molecule has 0 fully saturated rings. The molecule has 2 amide bonds. The zero-order chi connectivity index (χ0) is 18.0. The number of nitrogens with one attached hydrogen (secondary N) is 1. The highest BCUT2D eigenvalue weighted by Gasteiger charge is 2.28. The summed E-state index contributed by atoms with van der Waals surface area (Å²) in [5, 5.41) is 2.69. The highest BCUT2D eigenvalue weighted by atomic mass is 19.3. The number of amides is 2. The molecule has 1 N–H and O–H groups in total. The number of carbonyl (C=O) groups is 2. The molecule has 25 heavy (non-hydrogen) atoms. The number of hydrogen-bond donors (Lipinski definition) is 1. The van der Waals surface area contributed by atoms with Gasteiger partial charge in [0.15, 0.2) is 11.5 Å². The topological polar surface area (TPSA) is 67.9 Å². The molecule has 0 spiro atoms. The Morgan fingerprint density at radius 2 is 1.96 bits per heavy atom. The molecule has 0 saturated heterocycles. The number of halogens is 2. The Kier molecular flexibility index (Phi) is 4.51. The SMILES string of the molecule is COc1cc(C(=O)N2CC(=O)Nc3ccccc32)ccc1OC(F)F. The van der Waals surface area contributed by atoms with Crippen LogP contribution in [0, 0.1) is 0 Å². The molecule has 0 bridgehead atoms. The first-order valence-electron chi connectivity index (χ1n) is 7.33. The minimum atomic E-state index is -3.01. The van der Waals surface area contributed by atoms with E-state index in [-0.39, 0.29) is 29.5 Å². The van der Waals surface area contributed by atoms with E-state index in [4.69, 9.17) is 4.74 Å². The second-order valence-corrected chi connectivity index (χ2v) is 5.20. The van der Waals surface area contributed by atoms with Crippen molar-refractivity contribution >= 4 is 23.2 Å². The first-order valence-corrected chi connectivity index (χ1v) is 7.33. The van der Waals surface area contributed by atoms with Crippen molar-refractivity contribution in [2.75, 3.05) is 23.9 Å². The first kappa shape index (κ1) is 16.7. The van der Waals surface area contributed by atoms with Crippen molar-refractivity contribution in [3.8, 4) is 11.5 Å². The molecule has 2 aromatic rings. The number of methoxy groups -OCH3 is 1. The van der Waals surface area contributed by atoms with Gasteiger partial charge in [-0.1, -0.05) is 12.1 Å². The lowest BCUT2D eigenvalue weighted by Gasteiger charge is -2.29. The van der Waals surface area contributed by atoms with Gasteiger partial charge in [-0.2, -0.15) is 8.78 Å². The van der Waals surface area contributed by atoms with Crippen molar-refractivity contribution < 1.29 is 27.8 Å². The molecule has 6 nitrogen and oxygen atoms in total. The van der Waals surface area contributed by atoms with Crippen molar-refractivity contribution in [1.29, 1.82) is 0 Å². The van der Waals surface area contributed by atoms with Gasteiger partial charge < -0.3 is 14.8 Å². The molecule has 1 aliphatic rings. The highest BCUT2D eigenvalue weighted by molar-refractivity contribution is 6.15. The zero-order valence-electron chi connectivity index (χ0n) is 13.2. The van der Waals surface area contributed by atoms with Crippen molar-refractivity contribution in [2.45, 2.75) is 6.61 Å². The zero-order valence-corrected chi connectivity index (χ0v) is 13.2. The summed E-state index contributed by atoms with van der Waals surface area (Å²) in [6, 6.07) is 10.8. The van der Waals surface area contributed by atoms with E-state index < -0.39 is 12.5 Å². The maximum Gasteiger partial charge on any atom is 0.387 e. The summed E-state index contributed by atoms with van der Waals surface area (Å²) in [7, 11) is 1.28. The largest absolute Gasteiger partial charge is 0.493 e. The summed E-state index contributed by atoms with van der Waals surface area (Å²) in [5.74, 6) is -0.951. The fourth-order valence-corrected chi connectivity index (χ4v) is 2.56. The molecule has 0 radical (unpaired) electrons. The standard InChI is InChI=1S/C17H14F2N2O4/c1-24-14-8-10(6-7-13(14)25-17(18)19)16(23)21-9-15(22)20-11-4-2-3-5-12(11)21/h2-8,17H,9H2,1H3,(H,20,22). The second-order valence-electron chi connectivity index (χ2n) is 5.20. The lowest BCUT2D eigenvalue weighted by molar-refractivity contribution is -0.115. The van der Waals surface area contributed by atoms with Crippen LogP contribution in [0.4, 0.5) is 20.2 Å². The Hall–Kier alpha value is -3.16. The van der Waals surface area contributed by atoms with Crippen molar-refractivity contribution in [3.05, 3.63) is 48.0 Å². The van der Waals surface area contributed by atoms with Gasteiger partial charge in [0, 0.05) is 5.56 Å². The molecule has 3 rings (SSSR count). The maximum absolute atomic E-state index is 12.8. The fourth-order valence-electron chi connectivity index (χ4n) is 2.56. The van der Waals surface area contributed by atoms with Crippen LogP contribution in [0.5, 0.6) is 11.5 Å². The van der Waals surface area contributed by atoms with Crippen LogP contribution in [0.3, 0.4) is 0 Å². The molecule has 0 saturated carbocycles. The van der Waals surface area contributed by atoms with Gasteiger partial charge >= 0.3 is 6.61 Å². The number of nitrogens with zero attached hydrogens (tertiary/aromatic N) is 1. The third-order valence-corrected chi connectivity index (χ3v) is 3.64. The predicted octanol–water partition coefficient (Wildman–Crippen LogP) is 2.90. The number of alkyl halides is 2. The van der Waals surface area contributed by atoms with Crippen LogP contribution in [-0.4, -0.2) is 32.1 Å². The Morgan fingerprint density at radius 1 is 1.20 bits per heavy atom. The first-order chi connectivity index (χ1) is 12.0. The van der Waals surface area contributed by atoms with E-state index in [0.29, 0.717) is 11.4 Å². The average molecular weight is 348 g/mol. The van der Waals surface area contributed by atoms with E-state index in [2.05, 4.69) is 10.1 Å². The van der Waals surface area contributed by atoms with E-state index in [1.807, 2.05) is 0 Å². The van der Waals surface area contributed by atoms with Gasteiger partial charge in [-0.3, -0.25) is 14.5 Å². The molecule has 1 heterocycles. The van der Waals surface area contributed by atoms with Crippen LogP contribution in [-0.2, 0) is 4.79 Å². The molecule has 0 aliphatic carbocycles. The van der Waals surface area contributed by atoms with E-state index in [1.165, 1.54) is 30.2 Å². The van der Waals surface area contributed by atoms with Gasteiger partial charge in [-0.15, -0.1) is 0 Å². The molecular formula is C17H14F2N2O4. The van der Waals surface area contributed by atoms with E-state index in [1.54, 1.807) is 24.3 Å². The Bertz CT molecular complexity index is 826. The number of fused-ring (bicyclic) bond motifs is 1. The third-order valence-electron chi connectivity index (χ3n) is 3.64. The van der Waals surface area contributed by atoms with Crippen LogP contribution in [0.15, 0.2) is 42.5 Å². The molecule has 0 aromatic heterocycles. The van der Waals surface area contributed by atoms with Crippen molar-refractivity contribution in [2.24, 2.45) is 0 Å². The van der Waals surface area contributed by atoms with Crippen molar-refractivity contribution in [1.82, 2.24) is 0 Å². The van der Waals surface area contributed by atoms with Crippen LogP contribution < -0.4 is 19.7 Å². The summed E-state index contributed by atoms with van der Waals surface area (Å²) >= 11 is 0. The monoisotopic (exact) mass is 348 g/mol. The molecule has 2 aromatic carbocycles. The van der Waals surface area contributed by atoms with E-state index in [0.717, 1.165) is 0 Å². The van der Waals surface area contributed by atoms with Crippen LogP contribution in [0.25, 0.3) is 0 Å². The minimum absolute atomic E-state index is 0.000830. The summed E-state index contributed by atoms with van der Waals surface area (Å²) in [6.07, 6.45) is 0. The number of benzene rings is 2. The average Bonchev–Trinajstić information content (AvgIpc) is 2.60. The van der Waals surface area contributed by atoms with Gasteiger partial charge in [0.1, 0.15) is 6.54 Å². The molecule has 0 atom stereocenters. The molecule has 0 unspecified atom stereocenters. The van der Waals surface area contributed by atoms with Crippen LogP contribution >= 0.6 is 0 Å². The lowest BCUT2D eigenvalue weighted by atomic mass is 10.1. The summed E-state index contributed by atoms with van der Waals surface area (Å²) in [4.78, 5) is 26.0. The molecule has 1 aliphatic heterocycles. The minimum Gasteiger partial charge on any atom is -0.493 e. The van der Waals surface area contributed by atoms with Gasteiger partial charge in [-0.25, -0.2) is 0 Å². The van der Waals surface area contributed by atoms with E-state index in [9.17, 15) is 18.4 Å². The summed E-state index contributed by atoms with van der Waals surface area (Å²) in [6.45, 7) is -3.15. The molecule has 130 valence electrons. The Labute approximate surface area is 141 Å². The normalized spacial score (nSPS) is 13.3. The van der Waals surface area contributed by atoms with Gasteiger partial charge in [-0.05, 0) is 30.3 Å². The Morgan fingerprint density at radius 3 is 2.68 bits per heavy atom. The number of carbonyl (C=O) groups excluding carboxylic acids is 2. The lowest BCUT2D eigenvalue weighted by Crippen LogP contribution is -2.42. The fraction of sp³-hybridized carbons (Fsp3) is 0.176. The number of hydrogen-bond acceptors (Lipinski definition) is 4. The van der Waals surface area contributed by atoms with Crippen LogP contribution in [0.2, 0.25) is 0 Å². The predicted molar refractivity (Wildman–Crippen MR) is 86.4 cm³/mol. The number of rotatable bonds is 4.